The third kappa shape index (κ3) is 3.36. The topological polar surface area (TPSA) is 72.3 Å². The maximum atomic E-state index is 4.50. The fourth-order valence-electron chi connectivity index (χ4n) is 2.16. The van der Waals surface area contributed by atoms with Gasteiger partial charge >= 0.3 is 0 Å². The average molecular weight is 314 g/mol. The highest BCUT2D eigenvalue weighted by atomic mass is 32.2. The number of nitrogens with zero attached hydrogens (tertiary/aromatic N) is 5. The smallest absolute Gasteiger partial charge is 0.208 e. The van der Waals surface area contributed by atoms with Gasteiger partial charge in [0.2, 0.25) is 5.82 Å². The van der Waals surface area contributed by atoms with Gasteiger partial charge in [-0.05, 0) is 16.7 Å². The Balaban J connectivity index is 1.87. The Morgan fingerprint density at radius 3 is 2.73 bits per heavy atom. The van der Waals surface area contributed by atoms with Crippen molar-refractivity contribution in [3.8, 4) is 11.4 Å². The number of hydrogen-bond donors (Lipinski definition) is 1. The normalized spacial score (nSPS) is 11.2. The lowest BCUT2D eigenvalue weighted by Crippen LogP contribution is -2.07. The Labute approximate surface area is 133 Å². The molecule has 22 heavy (non-hydrogen) atoms. The monoisotopic (exact) mass is 314 g/mol. The molecule has 1 N–H and O–H groups in total. The number of H-pyrrole nitrogens is 1. The number of aromatic nitrogens is 6. The summed E-state index contributed by atoms with van der Waals surface area (Å²) in [6.45, 7) is 5.23. The van der Waals surface area contributed by atoms with Gasteiger partial charge in [0.25, 0.3) is 0 Å². The van der Waals surface area contributed by atoms with Crippen LogP contribution in [0.25, 0.3) is 11.4 Å². The molecule has 0 saturated carbocycles. The van der Waals surface area contributed by atoms with Crippen molar-refractivity contribution in [2.75, 3.05) is 0 Å². The van der Waals surface area contributed by atoms with Crippen LogP contribution in [0.4, 0.5) is 0 Å². The zero-order valence-corrected chi connectivity index (χ0v) is 13.4. The van der Waals surface area contributed by atoms with Crippen LogP contribution < -0.4 is 0 Å². The molecule has 0 amide bonds. The molecule has 0 aliphatic carbocycles. The first kappa shape index (κ1) is 14.8. The first-order valence-corrected chi connectivity index (χ1v) is 8.19. The fraction of sp³-hybridized carbons (Fsp3) is 0.333. The maximum Gasteiger partial charge on any atom is 0.208 e. The lowest BCUT2D eigenvalue weighted by atomic mass is 10.2. The van der Waals surface area contributed by atoms with E-state index < -0.39 is 0 Å². The first-order valence-electron chi connectivity index (χ1n) is 7.20. The van der Waals surface area contributed by atoms with Gasteiger partial charge in [-0.3, -0.25) is 4.68 Å². The van der Waals surface area contributed by atoms with E-state index in [4.69, 9.17) is 0 Å². The summed E-state index contributed by atoms with van der Waals surface area (Å²) in [5.74, 6) is 2.00. The van der Waals surface area contributed by atoms with E-state index in [1.54, 1.807) is 11.8 Å². The summed E-state index contributed by atoms with van der Waals surface area (Å²) in [7, 11) is 0. The summed E-state index contributed by atoms with van der Waals surface area (Å²) in [5, 5.41) is 19.9. The van der Waals surface area contributed by atoms with Crippen molar-refractivity contribution in [1.29, 1.82) is 0 Å². The van der Waals surface area contributed by atoms with Crippen molar-refractivity contribution in [3.05, 3.63) is 42.1 Å². The lowest BCUT2D eigenvalue weighted by Gasteiger charge is -2.10. The van der Waals surface area contributed by atoms with Crippen molar-refractivity contribution in [2.45, 2.75) is 31.2 Å². The minimum absolute atomic E-state index is 0.522. The summed E-state index contributed by atoms with van der Waals surface area (Å²) in [5.41, 5.74) is 2.21. The summed E-state index contributed by atoms with van der Waals surface area (Å²) < 4.78 is 2.03. The summed E-state index contributed by atoms with van der Waals surface area (Å²) >= 11 is 1.75. The molecular formula is C15H18N6S. The van der Waals surface area contributed by atoms with E-state index in [1.165, 1.54) is 5.56 Å². The van der Waals surface area contributed by atoms with Gasteiger partial charge in [0.05, 0.1) is 11.8 Å². The molecule has 0 spiro atoms. The molecule has 2 heterocycles. The Kier molecular flexibility index (Phi) is 4.53. The quantitative estimate of drug-likeness (QED) is 0.708. The van der Waals surface area contributed by atoms with Crippen LogP contribution in [0, 0.1) is 5.92 Å². The van der Waals surface area contributed by atoms with Gasteiger partial charge < -0.3 is 0 Å². The van der Waals surface area contributed by atoms with Crippen LogP contribution >= 0.6 is 11.8 Å². The van der Waals surface area contributed by atoms with Crippen LogP contribution in [-0.2, 0) is 12.3 Å². The molecule has 0 unspecified atom stereocenters. The molecule has 0 aliphatic rings. The fourth-order valence-corrected chi connectivity index (χ4v) is 3.22. The van der Waals surface area contributed by atoms with Gasteiger partial charge in [-0.2, -0.15) is 10.3 Å². The Morgan fingerprint density at radius 1 is 1.23 bits per heavy atom. The van der Waals surface area contributed by atoms with Gasteiger partial charge in [-0.1, -0.05) is 44.2 Å². The van der Waals surface area contributed by atoms with Gasteiger partial charge in [-0.25, -0.2) is 0 Å². The van der Waals surface area contributed by atoms with Crippen LogP contribution in [0.1, 0.15) is 19.4 Å². The molecule has 114 valence electrons. The van der Waals surface area contributed by atoms with Crippen molar-refractivity contribution in [3.63, 3.8) is 0 Å². The van der Waals surface area contributed by atoms with Crippen molar-refractivity contribution in [2.24, 2.45) is 5.92 Å². The van der Waals surface area contributed by atoms with Crippen LogP contribution in [0.15, 0.2) is 41.6 Å². The maximum absolute atomic E-state index is 4.50. The molecule has 0 radical (unpaired) electrons. The third-order valence-corrected chi connectivity index (χ3v) is 4.32. The lowest BCUT2D eigenvalue weighted by molar-refractivity contribution is 0.457. The van der Waals surface area contributed by atoms with E-state index >= 15 is 0 Å². The number of tetrazole rings is 1. The number of hydrogen-bond acceptors (Lipinski definition) is 5. The number of nitrogens with one attached hydrogen (secondary N) is 1. The van der Waals surface area contributed by atoms with Gasteiger partial charge in [0.1, 0.15) is 5.03 Å². The molecule has 1 aromatic carbocycles. The van der Waals surface area contributed by atoms with Crippen LogP contribution in [0.3, 0.4) is 0 Å². The number of benzene rings is 1. The third-order valence-electron chi connectivity index (χ3n) is 3.13. The molecule has 0 saturated heterocycles. The highest BCUT2D eigenvalue weighted by molar-refractivity contribution is 7.98. The molecule has 0 bridgehead atoms. The highest BCUT2D eigenvalue weighted by Crippen LogP contribution is 2.31. The first-order chi connectivity index (χ1) is 10.7. The predicted molar refractivity (Wildman–Crippen MR) is 86.2 cm³/mol. The van der Waals surface area contributed by atoms with Crippen LogP contribution in [0.2, 0.25) is 0 Å². The van der Waals surface area contributed by atoms with E-state index in [-0.39, 0.29) is 0 Å². The molecule has 0 atom stereocenters. The molecule has 7 heteroatoms. The van der Waals surface area contributed by atoms with Gasteiger partial charge in [-0.15, -0.1) is 22.0 Å². The number of rotatable bonds is 6. The zero-order chi connectivity index (χ0) is 15.4. The van der Waals surface area contributed by atoms with Crippen LogP contribution in [0.5, 0.6) is 0 Å². The molecular weight excluding hydrogens is 296 g/mol. The highest BCUT2D eigenvalue weighted by Gasteiger charge is 2.17. The summed E-state index contributed by atoms with van der Waals surface area (Å²) in [6.07, 6.45) is 1.82. The summed E-state index contributed by atoms with van der Waals surface area (Å²) in [6, 6.07) is 10.4. The Morgan fingerprint density at radius 2 is 2.05 bits per heavy atom. The molecule has 2 aromatic heterocycles. The van der Waals surface area contributed by atoms with Crippen molar-refractivity contribution >= 4 is 11.8 Å². The van der Waals surface area contributed by atoms with E-state index in [1.807, 2.05) is 16.9 Å². The molecule has 0 aliphatic heterocycles. The molecule has 3 aromatic rings. The van der Waals surface area contributed by atoms with E-state index in [0.717, 1.165) is 22.9 Å². The largest absolute Gasteiger partial charge is 0.258 e. The second-order valence-electron chi connectivity index (χ2n) is 5.45. The van der Waals surface area contributed by atoms with Gasteiger partial charge in [0.15, 0.2) is 0 Å². The number of aromatic amines is 1. The van der Waals surface area contributed by atoms with Gasteiger partial charge in [0, 0.05) is 12.3 Å². The van der Waals surface area contributed by atoms with Crippen molar-refractivity contribution < 1.29 is 0 Å². The Bertz CT molecular complexity index is 705. The Hall–Kier alpha value is -2.15. The SMILES string of the molecule is CC(C)Cn1ncc(-c2nn[nH]n2)c1SCc1ccccc1. The van der Waals surface area contributed by atoms with E-state index in [0.29, 0.717) is 11.7 Å². The van der Waals surface area contributed by atoms with Crippen molar-refractivity contribution in [1.82, 2.24) is 30.4 Å². The standard InChI is InChI=1S/C15H18N6S/c1-11(2)9-21-15(22-10-12-6-4-3-5-7-12)13(8-16-21)14-17-19-20-18-14/h3-8,11H,9-10H2,1-2H3,(H,17,18,19,20). The predicted octanol–water partition coefficient (Wildman–Crippen LogP) is 3.01. The van der Waals surface area contributed by atoms with E-state index in [9.17, 15) is 0 Å². The zero-order valence-electron chi connectivity index (χ0n) is 12.6. The molecule has 0 fully saturated rings. The minimum Gasteiger partial charge on any atom is -0.258 e. The second-order valence-corrected chi connectivity index (χ2v) is 6.41. The second kappa shape index (κ2) is 6.74. The summed E-state index contributed by atoms with van der Waals surface area (Å²) in [4.78, 5) is 0. The molecule has 6 nitrogen and oxygen atoms in total. The van der Waals surface area contributed by atoms with Crippen LogP contribution in [-0.4, -0.2) is 30.4 Å². The minimum atomic E-state index is 0.522. The van der Waals surface area contributed by atoms with E-state index in [2.05, 4.69) is 63.8 Å². The molecule has 3 rings (SSSR count). The number of thioether (sulfide) groups is 1. The average Bonchev–Trinajstić information content (AvgIpc) is 3.15.